The number of aliphatic hydroxyl groups is 1. The summed E-state index contributed by atoms with van der Waals surface area (Å²) >= 11 is 0. The Morgan fingerprint density at radius 2 is 1.89 bits per heavy atom. The van der Waals surface area contributed by atoms with Gasteiger partial charge in [-0.05, 0) is 65.9 Å². The van der Waals surface area contributed by atoms with E-state index in [-0.39, 0.29) is 17.9 Å². The van der Waals surface area contributed by atoms with Crippen molar-refractivity contribution in [2.24, 2.45) is 5.92 Å². The van der Waals surface area contributed by atoms with Gasteiger partial charge >= 0.3 is 0 Å². The monoisotopic (exact) mass is 474 g/mol. The first-order chi connectivity index (χ1) is 16.8. The lowest BCUT2D eigenvalue weighted by Gasteiger charge is -2.25. The number of ketones is 1. The molecule has 0 spiro atoms. The van der Waals surface area contributed by atoms with E-state index >= 15 is 0 Å². The smallest absolute Gasteiger partial charge is 0.295 e. The minimum Gasteiger partial charge on any atom is -0.507 e. The van der Waals surface area contributed by atoms with Gasteiger partial charge in [0.25, 0.3) is 11.7 Å². The predicted molar refractivity (Wildman–Crippen MR) is 130 cm³/mol. The Morgan fingerprint density at radius 3 is 2.51 bits per heavy atom. The van der Waals surface area contributed by atoms with Crippen LogP contribution >= 0.6 is 0 Å². The molecule has 1 amide bonds. The Morgan fingerprint density at radius 1 is 1.14 bits per heavy atom. The number of hydrogen-bond acceptors (Lipinski definition) is 5. The molecule has 1 N–H and O–H groups in total. The molecular formula is C28H27FN2O4. The van der Waals surface area contributed by atoms with Crippen LogP contribution in [0.15, 0.2) is 72.6 Å². The van der Waals surface area contributed by atoms with Gasteiger partial charge in [0, 0.05) is 24.5 Å². The summed E-state index contributed by atoms with van der Waals surface area (Å²) in [5.41, 5.74) is 2.39. The van der Waals surface area contributed by atoms with E-state index in [4.69, 9.17) is 4.74 Å². The summed E-state index contributed by atoms with van der Waals surface area (Å²) in [5.74, 6) is -1.22. The van der Waals surface area contributed by atoms with Crippen LogP contribution in [0.1, 0.15) is 42.1 Å². The highest BCUT2D eigenvalue weighted by atomic mass is 19.1. The lowest BCUT2D eigenvalue weighted by atomic mass is 9.94. The van der Waals surface area contributed by atoms with E-state index in [9.17, 15) is 19.1 Å². The second kappa shape index (κ2) is 10.1. The van der Waals surface area contributed by atoms with E-state index < -0.39 is 23.5 Å². The van der Waals surface area contributed by atoms with Crippen LogP contribution < -0.4 is 4.74 Å². The molecule has 6 nitrogen and oxygen atoms in total. The van der Waals surface area contributed by atoms with Gasteiger partial charge in [-0.25, -0.2) is 4.39 Å². The normalized spacial score (nSPS) is 17.3. The Balaban J connectivity index is 1.78. The second-order valence-electron chi connectivity index (χ2n) is 9.02. The van der Waals surface area contributed by atoms with Crippen molar-refractivity contribution in [3.05, 3.63) is 101 Å². The van der Waals surface area contributed by atoms with Crippen LogP contribution in [0.4, 0.5) is 4.39 Å². The number of rotatable bonds is 7. The summed E-state index contributed by atoms with van der Waals surface area (Å²) in [6.45, 7) is 6.62. The first-order valence-electron chi connectivity index (χ1n) is 11.4. The van der Waals surface area contributed by atoms with Crippen molar-refractivity contribution in [2.45, 2.75) is 33.4 Å². The number of halogens is 1. The molecule has 0 radical (unpaired) electrons. The predicted octanol–water partition coefficient (Wildman–Crippen LogP) is 5.19. The van der Waals surface area contributed by atoms with Crippen LogP contribution in [0.2, 0.25) is 0 Å². The van der Waals surface area contributed by atoms with Gasteiger partial charge in [0.2, 0.25) is 0 Å². The van der Waals surface area contributed by atoms with Gasteiger partial charge < -0.3 is 14.7 Å². The molecular weight excluding hydrogens is 447 g/mol. The highest BCUT2D eigenvalue weighted by molar-refractivity contribution is 6.46. The number of ether oxygens (including phenoxy) is 1. The maximum absolute atomic E-state index is 13.7. The van der Waals surface area contributed by atoms with Crippen LogP contribution in [-0.4, -0.2) is 33.3 Å². The first-order valence-corrected chi connectivity index (χ1v) is 11.4. The maximum Gasteiger partial charge on any atom is 0.295 e. The number of aromatic nitrogens is 1. The fourth-order valence-corrected chi connectivity index (χ4v) is 4.09. The van der Waals surface area contributed by atoms with Crippen LogP contribution in [0.5, 0.6) is 5.75 Å². The number of benzene rings is 2. The van der Waals surface area contributed by atoms with Gasteiger partial charge in [0.05, 0.1) is 18.2 Å². The molecule has 0 unspecified atom stereocenters. The van der Waals surface area contributed by atoms with Crippen molar-refractivity contribution in [1.29, 1.82) is 0 Å². The summed E-state index contributed by atoms with van der Waals surface area (Å²) in [7, 11) is 0. The summed E-state index contributed by atoms with van der Waals surface area (Å²) in [4.78, 5) is 31.7. The first kappa shape index (κ1) is 24.1. The molecule has 2 heterocycles. The number of aliphatic hydroxyl groups excluding tert-OH is 1. The summed E-state index contributed by atoms with van der Waals surface area (Å²) in [5, 5.41) is 11.3. The summed E-state index contributed by atoms with van der Waals surface area (Å²) in [6, 6.07) is 13.4. The zero-order valence-corrected chi connectivity index (χ0v) is 19.9. The summed E-state index contributed by atoms with van der Waals surface area (Å²) in [6.07, 6.45) is 3.23. The number of carbonyl (C=O) groups is 2. The Labute approximate surface area is 203 Å². The van der Waals surface area contributed by atoms with Crippen molar-refractivity contribution >= 4 is 17.4 Å². The third-order valence-electron chi connectivity index (χ3n) is 5.82. The molecule has 4 rings (SSSR count). The lowest BCUT2D eigenvalue weighted by Crippen LogP contribution is -2.29. The summed E-state index contributed by atoms with van der Waals surface area (Å²) < 4.78 is 19.5. The second-order valence-corrected chi connectivity index (χ2v) is 9.02. The number of nitrogens with zero attached hydrogens (tertiary/aromatic N) is 2. The van der Waals surface area contributed by atoms with Crippen molar-refractivity contribution < 1.29 is 23.8 Å². The Bertz CT molecular complexity index is 1270. The number of Topliss-reactive ketones (excluding diaryl/α,β-unsaturated/α-hetero) is 1. The average Bonchev–Trinajstić information content (AvgIpc) is 3.09. The molecule has 35 heavy (non-hydrogen) atoms. The minimum atomic E-state index is -0.882. The van der Waals surface area contributed by atoms with Crippen molar-refractivity contribution in [3.8, 4) is 5.75 Å². The van der Waals surface area contributed by atoms with Gasteiger partial charge in [0.1, 0.15) is 17.3 Å². The number of aryl methyl sites for hydroxylation is 1. The molecule has 1 aliphatic heterocycles. The van der Waals surface area contributed by atoms with E-state index in [2.05, 4.69) is 18.8 Å². The molecule has 7 heteroatoms. The van der Waals surface area contributed by atoms with E-state index in [1.54, 1.807) is 42.7 Å². The van der Waals surface area contributed by atoms with Crippen LogP contribution in [0, 0.1) is 18.7 Å². The van der Waals surface area contributed by atoms with Crippen LogP contribution in [0.25, 0.3) is 5.76 Å². The van der Waals surface area contributed by atoms with E-state index in [1.165, 1.54) is 29.2 Å². The maximum atomic E-state index is 13.7. The highest BCUT2D eigenvalue weighted by Gasteiger charge is 2.46. The molecule has 1 aliphatic rings. The topological polar surface area (TPSA) is 79.7 Å². The van der Waals surface area contributed by atoms with Crippen molar-refractivity contribution in [3.63, 3.8) is 0 Å². The molecule has 0 aliphatic carbocycles. The van der Waals surface area contributed by atoms with Crippen molar-refractivity contribution in [1.82, 2.24) is 9.88 Å². The number of likely N-dealkylation sites (tertiary alicyclic amines) is 1. The van der Waals surface area contributed by atoms with Crippen molar-refractivity contribution in [2.75, 3.05) is 6.61 Å². The van der Waals surface area contributed by atoms with E-state index in [0.717, 1.165) is 11.1 Å². The molecule has 3 aromatic rings. The Kier molecular flexibility index (Phi) is 6.96. The quantitative estimate of drug-likeness (QED) is 0.290. The zero-order chi connectivity index (χ0) is 25.1. The van der Waals surface area contributed by atoms with Gasteiger partial charge in [-0.1, -0.05) is 32.0 Å². The van der Waals surface area contributed by atoms with E-state index in [1.807, 2.05) is 6.92 Å². The standard InChI is InChI=1S/C28H27FN2O4/c1-17(2)16-35-23-11-8-21(13-18(23)3)26(32)24-25(20-6-9-22(29)10-7-20)31(28(34)27(24)33)15-19-5-4-12-30-14-19/h4-14,17,25,32H,15-16H2,1-3H3/t25-/m0/s1. The van der Waals surface area contributed by atoms with Crippen LogP contribution in [-0.2, 0) is 16.1 Å². The van der Waals surface area contributed by atoms with Crippen LogP contribution in [0.3, 0.4) is 0 Å². The molecule has 1 fully saturated rings. The fraction of sp³-hybridized carbons (Fsp3) is 0.250. The molecule has 1 aromatic heterocycles. The molecule has 1 saturated heterocycles. The van der Waals surface area contributed by atoms with Gasteiger partial charge in [0.15, 0.2) is 0 Å². The number of carbonyl (C=O) groups excluding carboxylic acids is 2. The molecule has 0 bridgehead atoms. The molecule has 1 atom stereocenters. The third kappa shape index (κ3) is 5.09. The molecule has 0 saturated carbocycles. The van der Waals surface area contributed by atoms with Gasteiger partial charge in [-0.15, -0.1) is 0 Å². The number of amides is 1. The largest absolute Gasteiger partial charge is 0.507 e. The van der Waals surface area contributed by atoms with Gasteiger partial charge in [-0.2, -0.15) is 0 Å². The zero-order valence-electron chi connectivity index (χ0n) is 19.9. The Hall–Kier alpha value is -4.00. The lowest BCUT2D eigenvalue weighted by molar-refractivity contribution is -0.140. The average molecular weight is 475 g/mol. The van der Waals surface area contributed by atoms with E-state index in [0.29, 0.717) is 29.4 Å². The highest BCUT2D eigenvalue weighted by Crippen LogP contribution is 2.40. The van der Waals surface area contributed by atoms with Gasteiger partial charge in [-0.3, -0.25) is 14.6 Å². The SMILES string of the molecule is Cc1cc(C(O)=C2C(=O)C(=O)N(Cc3cccnc3)[C@H]2c2ccc(F)cc2)ccc1OCC(C)C. The minimum absolute atomic E-state index is 0.0410. The third-order valence-corrected chi connectivity index (χ3v) is 5.82. The molecule has 2 aromatic carbocycles. The fourth-order valence-electron chi connectivity index (χ4n) is 4.09. The number of pyridine rings is 1. The molecule has 180 valence electrons. The number of hydrogen-bond donors (Lipinski definition) is 1.